The second-order valence-electron chi connectivity index (χ2n) is 3.77. The van der Waals surface area contributed by atoms with Gasteiger partial charge in [-0.05, 0) is 18.2 Å². The molecule has 1 aromatic heterocycles. The van der Waals surface area contributed by atoms with Crippen molar-refractivity contribution in [1.82, 2.24) is 9.55 Å². The average molecular weight is 246 g/mol. The van der Waals surface area contributed by atoms with E-state index in [0.717, 1.165) is 11.8 Å². The van der Waals surface area contributed by atoms with E-state index in [9.17, 15) is 4.79 Å². The number of hydrogen-bond acceptors (Lipinski definition) is 4. The minimum absolute atomic E-state index is 0.501. The molecule has 2 aromatic rings. The molecule has 1 aromatic carbocycles. The Labute approximate surface area is 105 Å². The zero-order valence-corrected chi connectivity index (χ0v) is 10.5. The molecular formula is C13H14N2O3. The molecule has 0 spiro atoms. The van der Waals surface area contributed by atoms with Crippen molar-refractivity contribution in [1.29, 1.82) is 0 Å². The van der Waals surface area contributed by atoms with E-state index >= 15 is 0 Å². The molecule has 0 saturated carbocycles. The number of aryl methyl sites for hydroxylation is 1. The Kier molecular flexibility index (Phi) is 3.32. The first-order valence-corrected chi connectivity index (χ1v) is 5.40. The van der Waals surface area contributed by atoms with Gasteiger partial charge in [0.15, 0.2) is 6.29 Å². The lowest BCUT2D eigenvalue weighted by Gasteiger charge is -2.09. The summed E-state index contributed by atoms with van der Waals surface area (Å²) in [6.45, 7) is 0. The Morgan fingerprint density at radius 1 is 1.28 bits per heavy atom. The standard InChI is InChI=1S/C13H14N2O3/c1-15-8-14-13(11(15)7-16)10-6-9(17-2)4-5-12(10)18-3/h4-8H,1-3H3. The van der Waals surface area contributed by atoms with Gasteiger partial charge < -0.3 is 14.0 Å². The van der Waals surface area contributed by atoms with Crippen LogP contribution in [0.15, 0.2) is 24.5 Å². The summed E-state index contributed by atoms with van der Waals surface area (Å²) in [6, 6.07) is 5.39. The summed E-state index contributed by atoms with van der Waals surface area (Å²) < 4.78 is 12.1. The minimum Gasteiger partial charge on any atom is -0.497 e. The third kappa shape index (κ3) is 1.95. The number of methoxy groups -OCH3 is 2. The third-order valence-corrected chi connectivity index (χ3v) is 2.76. The fraction of sp³-hybridized carbons (Fsp3) is 0.231. The molecule has 18 heavy (non-hydrogen) atoms. The van der Waals surface area contributed by atoms with Crippen LogP contribution in [0.2, 0.25) is 0 Å². The molecule has 2 rings (SSSR count). The van der Waals surface area contributed by atoms with Crippen LogP contribution in [0.5, 0.6) is 11.5 Å². The van der Waals surface area contributed by atoms with Crippen molar-refractivity contribution < 1.29 is 14.3 Å². The van der Waals surface area contributed by atoms with Crippen molar-refractivity contribution in [2.45, 2.75) is 0 Å². The van der Waals surface area contributed by atoms with Gasteiger partial charge in [0.2, 0.25) is 0 Å². The molecule has 5 heteroatoms. The fourth-order valence-corrected chi connectivity index (χ4v) is 1.79. The van der Waals surface area contributed by atoms with Gasteiger partial charge in [0.25, 0.3) is 0 Å². The van der Waals surface area contributed by atoms with Gasteiger partial charge in [-0.1, -0.05) is 0 Å². The van der Waals surface area contributed by atoms with Crippen LogP contribution in [-0.4, -0.2) is 30.1 Å². The second kappa shape index (κ2) is 4.91. The molecular weight excluding hydrogens is 232 g/mol. The summed E-state index contributed by atoms with van der Waals surface area (Å²) in [5.74, 6) is 1.34. The number of rotatable bonds is 4. The highest BCUT2D eigenvalue weighted by Gasteiger charge is 2.15. The van der Waals surface area contributed by atoms with Gasteiger partial charge >= 0.3 is 0 Å². The summed E-state index contributed by atoms with van der Waals surface area (Å²) in [6.07, 6.45) is 2.37. The second-order valence-corrected chi connectivity index (χ2v) is 3.77. The fourth-order valence-electron chi connectivity index (χ4n) is 1.79. The quantitative estimate of drug-likeness (QED) is 0.773. The number of carbonyl (C=O) groups excluding carboxylic acids is 1. The lowest BCUT2D eigenvalue weighted by Crippen LogP contribution is -1.96. The van der Waals surface area contributed by atoms with Crippen LogP contribution in [-0.2, 0) is 7.05 Å². The number of aromatic nitrogens is 2. The molecule has 1 heterocycles. The highest BCUT2D eigenvalue weighted by molar-refractivity contribution is 5.86. The Balaban J connectivity index is 2.64. The molecule has 0 aliphatic carbocycles. The predicted octanol–water partition coefficient (Wildman–Crippen LogP) is 1.92. The monoisotopic (exact) mass is 246 g/mol. The summed E-state index contributed by atoms with van der Waals surface area (Å²) in [4.78, 5) is 15.3. The molecule has 0 bridgehead atoms. The smallest absolute Gasteiger partial charge is 0.168 e. The largest absolute Gasteiger partial charge is 0.497 e. The number of aldehydes is 1. The van der Waals surface area contributed by atoms with E-state index in [1.807, 2.05) is 0 Å². The van der Waals surface area contributed by atoms with E-state index in [-0.39, 0.29) is 0 Å². The molecule has 0 aliphatic rings. The van der Waals surface area contributed by atoms with Crippen LogP contribution in [0.1, 0.15) is 10.5 Å². The SMILES string of the molecule is COc1ccc(OC)c(-c2ncn(C)c2C=O)c1. The number of imidazole rings is 1. The van der Waals surface area contributed by atoms with Gasteiger partial charge in [0.1, 0.15) is 22.9 Å². The number of ether oxygens (including phenoxy) is 2. The van der Waals surface area contributed by atoms with E-state index in [2.05, 4.69) is 4.98 Å². The molecule has 0 amide bonds. The van der Waals surface area contributed by atoms with Crippen molar-refractivity contribution in [3.63, 3.8) is 0 Å². The maximum absolute atomic E-state index is 11.1. The topological polar surface area (TPSA) is 53.4 Å². The van der Waals surface area contributed by atoms with E-state index in [1.54, 1.807) is 50.4 Å². The molecule has 0 fully saturated rings. The zero-order chi connectivity index (χ0) is 13.1. The van der Waals surface area contributed by atoms with E-state index < -0.39 is 0 Å². The Hall–Kier alpha value is -2.30. The van der Waals surface area contributed by atoms with Crippen LogP contribution in [0.3, 0.4) is 0 Å². The van der Waals surface area contributed by atoms with Crippen LogP contribution < -0.4 is 9.47 Å². The van der Waals surface area contributed by atoms with Crippen molar-refractivity contribution >= 4 is 6.29 Å². The normalized spacial score (nSPS) is 10.2. The van der Waals surface area contributed by atoms with E-state index in [0.29, 0.717) is 22.9 Å². The molecule has 94 valence electrons. The first-order valence-electron chi connectivity index (χ1n) is 5.40. The van der Waals surface area contributed by atoms with E-state index in [1.165, 1.54) is 0 Å². The van der Waals surface area contributed by atoms with Crippen molar-refractivity contribution in [3.8, 4) is 22.8 Å². The van der Waals surface area contributed by atoms with Crippen molar-refractivity contribution in [3.05, 3.63) is 30.2 Å². The summed E-state index contributed by atoms with van der Waals surface area (Å²) in [5, 5.41) is 0. The van der Waals surface area contributed by atoms with Gasteiger partial charge in [-0.15, -0.1) is 0 Å². The Morgan fingerprint density at radius 2 is 2.06 bits per heavy atom. The summed E-state index contributed by atoms with van der Waals surface area (Å²) in [5.41, 5.74) is 1.82. The maximum atomic E-state index is 11.1. The zero-order valence-electron chi connectivity index (χ0n) is 10.5. The Bertz CT molecular complexity index is 576. The summed E-state index contributed by atoms with van der Waals surface area (Å²) in [7, 11) is 4.94. The maximum Gasteiger partial charge on any atom is 0.168 e. The van der Waals surface area contributed by atoms with Crippen molar-refractivity contribution in [2.24, 2.45) is 7.05 Å². The van der Waals surface area contributed by atoms with Gasteiger partial charge in [-0.3, -0.25) is 4.79 Å². The van der Waals surface area contributed by atoms with Gasteiger partial charge in [0.05, 0.1) is 20.5 Å². The third-order valence-electron chi connectivity index (χ3n) is 2.76. The van der Waals surface area contributed by atoms with Crippen LogP contribution in [0, 0.1) is 0 Å². The highest BCUT2D eigenvalue weighted by Crippen LogP contribution is 2.33. The van der Waals surface area contributed by atoms with Gasteiger partial charge in [0, 0.05) is 12.6 Å². The number of hydrogen-bond donors (Lipinski definition) is 0. The minimum atomic E-state index is 0.501. The molecule has 5 nitrogen and oxygen atoms in total. The van der Waals surface area contributed by atoms with Crippen LogP contribution in [0.25, 0.3) is 11.3 Å². The predicted molar refractivity (Wildman–Crippen MR) is 67.1 cm³/mol. The van der Waals surface area contributed by atoms with Crippen molar-refractivity contribution in [2.75, 3.05) is 14.2 Å². The highest BCUT2D eigenvalue weighted by atomic mass is 16.5. The molecule has 0 atom stereocenters. The van der Waals surface area contributed by atoms with Crippen LogP contribution >= 0.6 is 0 Å². The lowest BCUT2D eigenvalue weighted by atomic mass is 10.1. The van der Waals surface area contributed by atoms with Gasteiger partial charge in [-0.25, -0.2) is 4.98 Å². The molecule has 0 N–H and O–H groups in total. The molecule has 0 radical (unpaired) electrons. The average Bonchev–Trinajstić information content (AvgIpc) is 2.78. The number of carbonyl (C=O) groups is 1. The first-order chi connectivity index (χ1) is 8.71. The number of benzene rings is 1. The molecule has 0 aliphatic heterocycles. The molecule has 0 unspecified atom stereocenters. The van der Waals surface area contributed by atoms with Crippen LogP contribution in [0.4, 0.5) is 0 Å². The number of nitrogens with zero attached hydrogens (tertiary/aromatic N) is 2. The molecule has 0 saturated heterocycles. The van der Waals surface area contributed by atoms with E-state index in [4.69, 9.17) is 9.47 Å². The Morgan fingerprint density at radius 3 is 2.67 bits per heavy atom. The lowest BCUT2D eigenvalue weighted by molar-refractivity contribution is 0.111. The first kappa shape index (κ1) is 12.2. The van der Waals surface area contributed by atoms with Gasteiger partial charge in [-0.2, -0.15) is 0 Å². The summed E-state index contributed by atoms with van der Waals surface area (Å²) >= 11 is 0.